The van der Waals surface area contributed by atoms with Crippen molar-refractivity contribution < 1.29 is 14.3 Å². The van der Waals surface area contributed by atoms with Gasteiger partial charge in [-0.15, -0.1) is 0 Å². The lowest BCUT2D eigenvalue weighted by atomic mass is 10.2. The van der Waals surface area contributed by atoms with E-state index in [1.807, 2.05) is 6.92 Å². The third-order valence-electron chi connectivity index (χ3n) is 3.51. The molecular formula is C18H19ClN2O3. The first-order valence-corrected chi connectivity index (χ1v) is 7.76. The Morgan fingerprint density at radius 1 is 1.21 bits per heavy atom. The number of amides is 2. The highest BCUT2D eigenvalue weighted by molar-refractivity contribution is 6.30. The monoisotopic (exact) mass is 346 g/mol. The van der Waals surface area contributed by atoms with Gasteiger partial charge in [-0.25, -0.2) is 0 Å². The van der Waals surface area contributed by atoms with E-state index in [0.717, 1.165) is 5.56 Å². The van der Waals surface area contributed by atoms with Gasteiger partial charge < -0.3 is 15.0 Å². The molecule has 0 unspecified atom stereocenters. The Hall–Kier alpha value is -2.53. The van der Waals surface area contributed by atoms with Gasteiger partial charge in [-0.1, -0.05) is 17.7 Å². The van der Waals surface area contributed by atoms with Crippen LogP contribution in [0.1, 0.15) is 12.5 Å². The first-order valence-electron chi connectivity index (χ1n) is 7.39. The number of hydrogen-bond acceptors (Lipinski definition) is 3. The molecule has 0 bridgehead atoms. The van der Waals surface area contributed by atoms with Crippen molar-refractivity contribution in [2.45, 2.75) is 13.8 Å². The van der Waals surface area contributed by atoms with Crippen molar-refractivity contribution >= 4 is 34.8 Å². The minimum absolute atomic E-state index is 0.0927. The van der Waals surface area contributed by atoms with Crippen LogP contribution in [-0.2, 0) is 9.59 Å². The lowest BCUT2D eigenvalue weighted by molar-refractivity contribution is -0.120. The second-order valence-corrected chi connectivity index (χ2v) is 5.75. The van der Waals surface area contributed by atoms with Crippen molar-refractivity contribution in [1.82, 2.24) is 0 Å². The molecule has 5 nitrogen and oxygen atoms in total. The van der Waals surface area contributed by atoms with Gasteiger partial charge in [0, 0.05) is 29.4 Å². The van der Waals surface area contributed by atoms with E-state index in [4.69, 9.17) is 16.3 Å². The Bertz CT molecular complexity index is 762. The van der Waals surface area contributed by atoms with Crippen LogP contribution in [0.15, 0.2) is 42.5 Å². The van der Waals surface area contributed by atoms with E-state index in [-0.39, 0.29) is 18.4 Å². The van der Waals surface area contributed by atoms with Crippen molar-refractivity contribution in [2.24, 2.45) is 0 Å². The maximum absolute atomic E-state index is 12.3. The third-order valence-corrected chi connectivity index (χ3v) is 3.74. The number of hydrogen-bond donors (Lipinski definition) is 1. The second kappa shape index (κ2) is 7.84. The molecule has 0 fully saturated rings. The van der Waals surface area contributed by atoms with Gasteiger partial charge in [0.15, 0.2) is 0 Å². The number of carbonyl (C=O) groups is 2. The molecule has 0 aliphatic rings. The predicted molar refractivity (Wildman–Crippen MR) is 95.8 cm³/mol. The van der Waals surface area contributed by atoms with E-state index < -0.39 is 0 Å². The summed E-state index contributed by atoms with van der Waals surface area (Å²) in [7, 11) is 1.55. The summed E-state index contributed by atoms with van der Waals surface area (Å²) in [5, 5.41) is 3.40. The lowest BCUT2D eigenvalue weighted by Gasteiger charge is -2.21. The van der Waals surface area contributed by atoms with Crippen LogP contribution in [0.2, 0.25) is 5.02 Å². The number of aryl methyl sites for hydroxylation is 1. The van der Waals surface area contributed by atoms with E-state index in [1.165, 1.54) is 11.8 Å². The zero-order chi connectivity index (χ0) is 17.7. The summed E-state index contributed by atoms with van der Waals surface area (Å²) < 4.78 is 5.16. The molecule has 0 saturated carbocycles. The average molecular weight is 347 g/mol. The number of nitrogens with zero attached hydrogens (tertiary/aromatic N) is 1. The predicted octanol–water partition coefficient (Wildman–Crippen LogP) is 3.65. The Balaban J connectivity index is 2.15. The fourth-order valence-corrected chi connectivity index (χ4v) is 2.49. The Labute approximate surface area is 146 Å². The molecule has 2 aromatic rings. The molecule has 24 heavy (non-hydrogen) atoms. The molecule has 0 aliphatic heterocycles. The van der Waals surface area contributed by atoms with Gasteiger partial charge in [-0.3, -0.25) is 9.59 Å². The fraction of sp³-hybridized carbons (Fsp3) is 0.222. The molecule has 6 heteroatoms. The molecule has 0 aromatic heterocycles. The van der Waals surface area contributed by atoms with Crippen LogP contribution in [0.25, 0.3) is 0 Å². The summed E-state index contributed by atoms with van der Waals surface area (Å²) >= 11 is 5.91. The van der Waals surface area contributed by atoms with Crippen LogP contribution in [-0.4, -0.2) is 25.5 Å². The summed E-state index contributed by atoms with van der Waals surface area (Å²) in [6, 6.07) is 12.2. The molecule has 2 amide bonds. The standard InChI is InChI=1S/C18H19ClN2O3/c1-12-9-14(19)7-8-17(12)20-18(23)11-21(13(2)22)15-5-4-6-16(10-15)24-3/h4-10H,11H2,1-3H3,(H,20,23). The average Bonchev–Trinajstić information content (AvgIpc) is 2.55. The van der Waals surface area contributed by atoms with Crippen molar-refractivity contribution in [3.63, 3.8) is 0 Å². The SMILES string of the molecule is COc1cccc(N(CC(=O)Nc2ccc(Cl)cc2C)C(C)=O)c1. The first-order chi connectivity index (χ1) is 11.4. The van der Waals surface area contributed by atoms with Crippen LogP contribution in [0, 0.1) is 6.92 Å². The summed E-state index contributed by atoms with van der Waals surface area (Å²) in [6.07, 6.45) is 0. The molecule has 2 aromatic carbocycles. The van der Waals surface area contributed by atoms with Crippen molar-refractivity contribution in [3.05, 3.63) is 53.1 Å². The van der Waals surface area contributed by atoms with Gasteiger partial charge in [-0.05, 0) is 42.8 Å². The largest absolute Gasteiger partial charge is 0.497 e. The highest BCUT2D eigenvalue weighted by atomic mass is 35.5. The van der Waals surface area contributed by atoms with E-state index in [9.17, 15) is 9.59 Å². The van der Waals surface area contributed by atoms with Crippen LogP contribution in [0.3, 0.4) is 0 Å². The minimum Gasteiger partial charge on any atom is -0.497 e. The first kappa shape index (κ1) is 17.8. The van der Waals surface area contributed by atoms with Gasteiger partial charge in [0.1, 0.15) is 12.3 Å². The van der Waals surface area contributed by atoms with Crippen molar-refractivity contribution in [2.75, 3.05) is 23.9 Å². The lowest BCUT2D eigenvalue weighted by Crippen LogP contribution is -2.36. The van der Waals surface area contributed by atoms with E-state index >= 15 is 0 Å². The fourth-order valence-electron chi connectivity index (χ4n) is 2.26. The number of rotatable bonds is 5. The summed E-state index contributed by atoms with van der Waals surface area (Å²) in [6.45, 7) is 3.18. The van der Waals surface area contributed by atoms with E-state index in [2.05, 4.69) is 5.32 Å². The maximum Gasteiger partial charge on any atom is 0.244 e. The summed E-state index contributed by atoms with van der Waals surface area (Å²) in [5.74, 6) is 0.0948. The van der Waals surface area contributed by atoms with Crippen molar-refractivity contribution in [3.8, 4) is 5.75 Å². The van der Waals surface area contributed by atoms with Gasteiger partial charge in [0.2, 0.25) is 11.8 Å². The Kier molecular flexibility index (Phi) is 5.82. The van der Waals surface area contributed by atoms with Gasteiger partial charge >= 0.3 is 0 Å². The number of ether oxygens (including phenoxy) is 1. The molecule has 0 saturated heterocycles. The molecule has 0 heterocycles. The summed E-state index contributed by atoms with van der Waals surface area (Å²) in [5.41, 5.74) is 2.12. The number of methoxy groups -OCH3 is 1. The normalized spacial score (nSPS) is 10.2. The molecule has 0 atom stereocenters. The maximum atomic E-state index is 12.3. The van der Waals surface area contributed by atoms with Gasteiger partial charge in [-0.2, -0.15) is 0 Å². The topological polar surface area (TPSA) is 58.6 Å². The molecule has 2 rings (SSSR count). The smallest absolute Gasteiger partial charge is 0.244 e. The number of benzene rings is 2. The van der Waals surface area contributed by atoms with Crippen LogP contribution in [0.5, 0.6) is 5.75 Å². The Morgan fingerprint density at radius 3 is 2.58 bits per heavy atom. The van der Waals surface area contributed by atoms with E-state index in [0.29, 0.717) is 22.1 Å². The second-order valence-electron chi connectivity index (χ2n) is 5.31. The Morgan fingerprint density at radius 2 is 1.96 bits per heavy atom. The molecule has 0 aliphatic carbocycles. The van der Waals surface area contributed by atoms with Crippen LogP contribution >= 0.6 is 11.6 Å². The van der Waals surface area contributed by atoms with Gasteiger partial charge in [0.05, 0.1) is 7.11 Å². The number of anilines is 2. The molecule has 1 N–H and O–H groups in total. The van der Waals surface area contributed by atoms with Gasteiger partial charge in [0.25, 0.3) is 0 Å². The number of nitrogens with one attached hydrogen (secondary N) is 1. The molecule has 0 radical (unpaired) electrons. The van der Waals surface area contributed by atoms with Crippen molar-refractivity contribution in [1.29, 1.82) is 0 Å². The van der Waals surface area contributed by atoms with E-state index in [1.54, 1.807) is 49.6 Å². The zero-order valence-corrected chi connectivity index (χ0v) is 14.6. The molecule has 0 spiro atoms. The summed E-state index contributed by atoms with van der Waals surface area (Å²) in [4.78, 5) is 25.6. The third kappa shape index (κ3) is 4.49. The number of halogens is 1. The van der Waals surface area contributed by atoms with Crippen LogP contribution < -0.4 is 15.0 Å². The van der Waals surface area contributed by atoms with Crippen LogP contribution in [0.4, 0.5) is 11.4 Å². The molecule has 126 valence electrons. The number of carbonyl (C=O) groups excluding carboxylic acids is 2. The minimum atomic E-state index is -0.293. The quantitative estimate of drug-likeness (QED) is 0.899. The highest BCUT2D eigenvalue weighted by Crippen LogP contribution is 2.22. The highest BCUT2D eigenvalue weighted by Gasteiger charge is 2.17. The zero-order valence-electron chi connectivity index (χ0n) is 13.8. The molecular weight excluding hydrogens is 328 g/mol.